The number of H-pyrrole nitrogens is 1. The SMILES string of the molecule is Cc1nc2ccc(-c3ccc4c(c3)CN(C(=O)c3ccc(-c5csnn5)cc3)CCO4)cc2[nH]1. The number of carbonyl (C=O) groups excluding carboxylic acids is 1. The quantitative estimate of drug-likeness (QED) is 0.400. The molecule has 34 heavy (non-hydrogen) atoms. The van der Waals surface area contributed by atoms with Crippen LogP contribution < -0.4 is 4.74 Å². The Morgan fingerprint density at radius 2 is 1.82 bits per heavy atom. The van der Waals surface area contributed by atoms with Crippen molar-refractivity contribution in [3.05, 3.63) is 83.0 Å². The van der Waals surface area contributed by atoms with Gasteiger partial charge in [0.15, 0.2) is 0 Å². The van der Waals surface area contributed by atoms with E-state index in [2.05, 4.69) is 43.8 Å². The van der Waals surface area contributed by atoms with Crippen LogP contribution in [0.5, 0.6) is 5.75 Å². The minimum absolute atomic E-state index is 0.0147. The third-order valence-corrected chi connectivity index (χ3v) is 6.55. The molecule has 1 aliphatic rings. The van der Waals surface area contributed by atoms with Crippen molar-refractivity contribution in [2.45, 2.75) is 13.5 Å². The van der Waals surface area contributed by atoms with Gasteiger partial charge in [-0.1, -0.05) is 28.8 Å². The lowest BCUT2D eigenvalue weighted by atomic mass is 10.0. The molecule has 3 heterocycles. The Labute approximate surface area is 200 Å². The summed E-state index contributed by atoms with van der Waals surface area (Å²) < 4.78 is 9.88. The molecular formula is C26H21N5O2S. The van der Waals surface area contributed by atoms with Crippen LogP contribution in [-0.4, -0.2) is 43.5 Å². The number of imidazole rings is 1. The number of ether oxygens (including phenoxy) is 1. The third kappa shape index (κ3) is 3.82. The highest BCUT2D eigenvalue weighted by Crippen LogP contribution is 2.31. The molecule has 0 atom stereocenters. The molecule has 1 N–H and O–H groups in total. The predicted octanol–water partition coefficient (Wildman–Crippen LogP) is 5.09. The molecule has 0 saturated carbocycles. The zero-order chi connectivity index (χ0) is 23.1. The largest absolute Gasteiger partial charge is 0.491 e. The molecule has 2 aromatic heterocycles. The number of hydrogen-bond donors (Lipinski definition) is 1. The number of rotatable bonds is 3. The molecule has 0 aliphatic carbocycles. The topological polar surface area (TPSA) is 84.0 Å². The zero-order valence-corrected chi connectivity index (χ0v) is 19.3. The lowest BCUT2D eigenvalue weighted by Gasteiger charge is -2.20. The van der Waals surface area contributed by atoms with Crippen LogP contribution in [0.4, 0.5) is 0 Å². The van der Waals surface area contributed by atoms with Crippen LogP contribution in [0.15, 0.2) is 66.0 Å². The first kappa shape index (κ1) is 20.6. The van der Waals surface area contributed by atoms with Gasteiger partial charge < -0.3 is 14.6 Å². The van der Waals surface area contributed by atoms with Gasteiger partial charge in [-0.15, -0.1) is 5.10 Å². The summed E-state index contributed by atoms with van der Waals surface area (Å²) in [4.78, 5) is 22.9. The molecule has 1 aliphatic heterocycles. The van der Waals surface area contributed by atoms with Gasteiger partial charge in [0.05, 0.1) is 17.6 Å². The number of aromatic amines is 1. The van der Waals surface area contributed by atoms with Crippen LogP contribution >= 0.6 is 11.5 Å². The van der Waals surface area contributed by atoms with Crippen molar-refractivity contribution < 1.29 is 9.53 Å². The maximum Gasteiger partial charge on any atom is 0.254 e. The van der Waals surface area contributed by atoms with Crippen LogP contribution in [0.3, 0.4) is 0 Å². The van der Waals surface area contributed by atoms with E-state index < -0.39 is 0 Å². The Bertz CT molecular complexity index is 1490. The van der Waals surface area contributed by atoms with Gasteiger partial charge in [-0.2, -0.15) is 0 Å². The second-order valence-corrected chi connectivity index (χ2v) is 8.93. The van der Waals surface area contributed by atoms with Crippen LogP contribution in [0.1, 0.15) is 21.7 Å². The summed E-state index contributed by atoms with van der Waals surface area (Å²) in [5.74, 6) is 1.70. The summed E-state index contributed by atoms with van der Waals surface area (Å²) in [6.07, 6.45) is 0. The number of carbonyl (C=O) groups is 1. The van der Waals surface area contributed by atoms with E-state index in [1.807, 2.05) is 53.6 Å². The van der Waals surface area contributed by atoms with Crippen molar-refractivity contribution in [3.63, 3.8) is 0 Å². The fraction of sp³-hybridized carbons (Fsp3) is 0.154. The molecule has 8 heteroatoms. The van der Waals surface area contributed by atoms with E-state index in [9.17, 15) is 4.79 Å². The molecule has 0 fully saturated rings. The average Bonchev–Trinajstić information content (AvgIpc) is 3.47. The first-order valence-corrected chi connectivity index (χ1v) is 11.9. The van der Waals surface area contributed by atoms with E-state index in [0.29, 0.717) is 25.3 Å². The van der Waals surface area contributed by atoms with Crippen molar-refractivity contribution in [1.82, 2.24) is 24.5 Å². The van der Waals surface area contributed by atoms with Gasteiger partial charge in [0.1, 0.15) is 23.9 Å². The maximum absolute atomic E-state index is 13.3. The second kappa shape index (κ2) is 8.39. The van der Waals surface area contributed by atoms with Crippen LogP contribution in [0.25, 0.3) is 33.4 Å². The Morgan fingerprint density at radius 1 is 1.03 bits per heavy atom. The molecule has 5 aromatic rings. The summed E-state index contributed by atoms with van der Waals surface area (Å²) in [5.41, 5.74) is 7.53. The molecule has 7 nitrogen and oxygen atoms in total. The van der Waals surface area contributed by atoms with Gasteiger partial charge >= 0.3 is 0 Å². The molecule has 6 rings (SSSR count). The average molecular weight is 468 g/mol. The molecule has 0 radical (unpaired) electrons. The monoisotopic (exact) mass is 467 g/mol. The van der Waals surface area contributed by atoms with Gasteiger partial charge in [-0.05, 0) is 66.0 Å². The van der Waals surface area contributed by atoms with E-state index in [4.69, 9.17) is 4.74 Å². The minimum atomic E-state index is -0.0147. The first-order chi connectivity index (χ1) is 16.6. The first-order valence-electron chi connectivity index (χ1n) is 11.0. The molecule has 3 aromatic carbocycles. The number of aryl methyl sites for hydroxylation is 1. The lowest BCUT2D eigenvalue weighted by Crippen LogP contribution is -2.32. The summed E-state index contributed by atoms with van der Waals surface area (Å²) in [6, 6.07) is 19.9. The van der Waals surface area contributed by atoms with E-state index in [1.54, 1.807) is 0 Å². The number of aromatic nitrogens is 4. The van der Waals surface area contributed by atoms with Crippen molar-refractivity contribution in [1.29, 1.82) is 0 Å². The van der Waals surface area contributed by atoms with Crippen LogP contribution in [0, 0.1) is 6.92 Å². The molecule has 0 spiro atoms. The number of nitrogens with zero attached hydrogens (tertiary/aromatic N) is 4. The molecule has 1 amide bonds. The number of amides is 1. The summed E-state index contributed by atoms with van der Waals surface area (Å²) in [5, 5.41) is 5.98. The van der Waals surface area contributed by atoms with Gasteiger partial charge in [-0.3, -0.25) is 4.79 Å². The van der Waals surface area contributed by atoms with Gasteiger partial charge in [0, 0.05) is 28.6 Å². The van der Waals surface area contributed by atoms with Crippen molar-refractivity contribution in [2.24, 2.45) is 0 Å². The fourth-order valence-corrected chi connectivity index (χ4v) is 4.79. The van der Waals surface area contributed by atoms with Gasteiger partial charge in [0.2, 0.25) is 0 Å². The Morgan fingerprint density at radius 3 is 2.65 bits per heavy atom. The van der Waals surface area contributed by atoms with E-state index in [0.717, 1.165) is 50.6 Å². The fourth-order valence-electron chi connectivity index (χ4n) is 4.32. The zero-order valence-electron chi connectivity index (χ0n) is 18.5. The molecule has 168 valence electrons. The molecule has 0 saturated heterocycles. The second-order valence-electron chi connectivity index (χ2n) is 8.32. The summed E-state index contributed by atoms with van der Waals surface area (Å²) in [6.45, 7) is 3.43. The molecule has 0 bridgehead atoms. The third-order valence-electron chi connectivity index (χ3n) is 6.05. The van der Waals surface area contributed by atoms with Crippen LogP contribution in [0.2, 0.25) is 0 Å². The van der Waals surface area contributed by atoms with E-state index in [-0.39, 0.29) is 5.91 Å². The molecule has 0 unspecified atom stereocenters. The van der Waals surface area contributed by atoms with Gasteiger partial charge in [-0.25, -0.2) is 4.98 Å². The summed E-state index contributed by atoms with van der Waals surface area (Å²) in [7, 11) is 0. The van der Waals surface area contributed by atoms with E-state index in [1.165, 1.54) is 11.5 Å². The standard InChI is InChI=1S/C26H21N5O2S/c1-16-27-22-8-6-20(13-23(22)28-16)19-7-9-25-21(12-19)14-31(10-11-33-25)26(32)18-4-2-17(3-5-18)24-15-34-30-29-24/h2-9,12-13,15H,10-11,14H2,1H3,(H,27,28). The van der Waals surface area contributed by atoms with Crippen molar-refractivity contribution in [3.8, 4) is 28.1 Å². The predicted molar refractivity (Wildman–Crippen MR) is 132 cm³/mol. The van der Waals surface area contributed by atoms with E-state index >= 15 is 0 Å². The van der Waals surface area contributed by atoms with Crippen molar-refractivity contribution in [2.75, 3.05) is 13.2 Å². The number of fused-ring (bicyclic) bond motifs is 2. The normalized spacial score (nSPS) is 13.4. The Balaban J connectivity index is 1.27. The molecular weight excluding hydrogens is 446 g/mol. The highest BCUT2D eigenvalue weighted by atomic mass is 32.1. The lowest BCUT2D eigenvalue weighted by molar-refractivity contribution is 0.0733. The Hall–Kier alpha value is -4.04. The smallest absolute Gasteiger partial charge is 0.254 e. The highest BCUT2D eigenvalue weighted by molar-refractivity contribution is 7.03. The number of benzene rings is 3. The maximum atomic E-state index is 13.3. The van der Waals surface area contributed by atoms with Gasteiger partial charge in [0.25, 0.3) is 5.91 Å². The summed E-state index contributed by atoms with van der Waals surface area (Å²) >= 11 is 1.31. The van der Waals surface area contributed by atoms with Crippen molar-refractivity contribution >= 4 is 28.5 Å². The Kier molecular flexibility index (Phi) is 5.07. The number of hydrogen-bond acceptors (Lipinski definition) is 6. The number of nitrogens with one attached hydrogen (secondary N) is 1. The highest BCUT2D eigenvalue weighted by Gasteiger charge is 2.22. The minimum Gasteiger partial charge on any atom is -0.491 e. The van der Waals surface area contributed by atoms with Crippen LogP contribution in [-0.2, 0) is 6.54 Å².